The van der Waals surface area contributed by atoms with Gasteiger partial charge in [0.05, 0.1) is 12.3 Å². The Morgan fingerprint density at radius 1 is 1.16 bits per heavy atom. The lowest BCUT2D eigenvalue weighted by atomic mass is 10.2. The van der Waals surface area contributed by atoms with Crippen LogP contribution in [0.5, 0.6) is 0 Å². The van der Waals surface area contributed by atoms with Gasteiger partial charge in [-0.3, -0.25) is 9.78 Å². The predicted molar refractivity (Wildman–Crippen MR) is 94.6 cm³/mol. The van der Waals surface area contributed by atoms with Crippen LogP contribution in [0.25, 0.3) is 10.6 Å². The first-order valence-electron chi connectivity index (χ1n) is 8.19. The Balaban J connectivity index is 1.68. The zero-order valence-electron chi connectivity index (χ0n) is 14.3. The van der Waals surface area contributed by atoms with Gasteiger partial charge in [-0.05, 0) is 26.0 Å². The van der Waals surface area contributed by atoms with Gasteiger partial charge in [0.25, 0.3) is 5.91 Å². The fourth-order valence-corrected chi connectivity index (χ4v) is 3.70. The smallest absolute Gasteiger partial charge is 0.409 e. The molecule has 0 N–H and O–H groups in total. The fourth-order valence-electron chi connectivity index (χ4n) is 2.66. The molecular formula is C17H20N4O3S. The van der Waals surface area contributed by atoms with Crippen LogP contribution in [0.15, 0.2) is 24.5 Å². The molecule has 0 spiro atoms. The molecule has 0 radical (unpaired) electrons. The van der Waals surface area contributed by atoms with Gasteiger partial charge in [0.15, 0.2) is 0 Å². The van der Waals surface area contributed by atoms with E-state index in [1.165, 1.54) is 11.3 Å². The number of pyridine rings is 1. The molecule has 0 bridgehead atoms. The van der Waals surface area contributed by atoms with Crippen LogP contribution in [0.2, 0.25) is 0 Å². The largest absolute Gasteiger partial charge is 0.450 e. The van der Waals surface area contributed by atoms with E-state index in [1.807, 2.05) is 19.1 Å². The summed E-state index contributed by atoms with van der Waals surface area (Å²) in [5.74, 6) is -0.0289. The first kappa shape index (κ1) is 17.3. The minimum atomic E-state index is -0.316. The summed E-state index contributed by atoms with van der Waals surface area (Å²) in [6.07, 6.45) is 3.10. The van der Waals surface area contributed by atoms with Crippen LogP contribution in [0.4, 0.5) is 4.79 Å². The van der Waals surface area contributed by atoms with E-state index in [-0.39, 0.29) is 12.0 Å². The van der Waals surface area contributed by atoms with Crippen molar-refractivity contribution in [3.05, 3.63) is 35.1 Å². The van der Waals surface area contributed by atoms with Crippen LogP contribution in [0.1, 0.15) is 22.3 Å². The lowest BCUT2D eigenvalue weighted by molar-refractivity contribution is 0.0573. The van der Waals surface area contributed by atoms with E-state index in [2.05, 4.69) is 9.97 Å². The summed E-state index contributed by atoms with van der Waals surface area (Å²) in [5, 5.41) is 0.813. The van der Waals surface area contributed by atoms with Crippen molar-refractivity contribution in [1.29, 1.82) is 0 Å². The molecule has 2 amide bonds. The quantitative estimate of drug-likeness (QED) is 0.840. The lowest BCUT2D eigenvalue weighted by Crippen LogP contribution is -2.50. The summed E-state index contributed by atoms with van der Waals surface area (Å²) in [6.45, 7) is 5.96. The van der Waals surface area contributed by atoms with Crippen LogP contribution < -0.4 is 0 Å². The second-order valence-corrected chi connectivity index (χ2v) is 6.65. The topological polar surface area (TPSA) is 75.6 Å². The van der Waals surface area contributed by atoms with E-state index in [0.717, 1.165) is 16.3 Å². The van der Waals surface area contributed by atoms with E-state index in [4.69, 9.17) is 4.74 Å². The molecule has 7 nitrogen and oxygen atoms in total. The van der Waals surface area contributed by atoms with Gasteiger partial charge < -0.3 is 14.5 Å². The third-order valence-electron chi connectivity index (χ3n) is 4.01. The summed E-state index contributed by atoms with van der Waals surface area (Å²) in [7, 11) is 0. The molecule has 1 saturated heterocycles. The Morgan fingerprint density at radius 3 is 2.44 bits per heavy atom. The van der Waals surface area contributed by atoms with Gasteiger partial charge in [0.2, 0.25) is 0 Å². The number of aromatic nitrogens is 2. The maximum Gasteiger partial charge on any atom is 0.409 e. The number of aryl methyl sites for hydroxylation is 1. The second-order valence-electron chi connectivity index (χ2n) is 5.65. The van der Waals surface area contributed by atoms with Crippen LogP contribution in [-0.4, -0.2) is 64.6 Å². The fraction of sp³-hybridized carbons (Fsp3) is 0.412. The van der Waals surface area contributed by atoms with E-state index in [9.17, 15) is 9.59 Å². The molecule has 2 aromatic rings. The summed E-state index contributed by atoms with van der Waals surface area (Å²) in [4.78, 5) is 37.1. The highest BCUT2D eigenvalue weighted by Crippen LogP contribution is 2.28. The van der Waals surface area contributed by atoms with Gasteiger partial charge >= 0.3 is 6.09 Å². The average molecular weight is 360 g/mol. The van der Waals surface area contributed by atoms with Crippen molar-refractivity contribution < 1.29 is 14.3 Å². The van der Waals surface area contributed by atoms with Crippen molar-refractivity contribution >= 4 is 23.3 Å². The van der Waals surface area contributed by atoms with Gasteiger partial charge in [-0.25, -0.2) is 9.78 Å². The molecule has 0 aromatic carbocycles. The predicted octanol–water partition coefficient (Wildman–Crippen LogP) is 2.43. The van der Waals surface area contributed by atoms with Crippen molar-refractivity contribution in [3.8, 4) is 10.6 Å². The molecule has 1 aliphatic rings. The van der Waals surface area contributed by atoms with Gasteiger partial charge in [0.1, 0.15) is 9.88 Å². The molecule has 0 unspecified atom stereocenters. The maximum atomic E-state index is 12.8. The number of nitrogens with zero attached hydrogens (tertiary/aromatic N) is 4. The lowest BCUT2D eigenvalue weighted by Gasteiger charge is -2.33. The minimum absolute atomic E-state index is 0.0289. The molecule has 1 aliphatic heterocycles. The molecule has 3 heterocycles. The Kier molecular flexibility index (Phi) is 5.28. The van der Waals surface area contributed by atoms with E-state index in [0.29, 0.717) is 37.7 Å². The van der Waals surface area contributed by atoms with Crippen molar-refractivity contribution in [1.82, 2.24) is 19.8 Å². The highest BCUT2D eigenvalue weighted by Gasteiger charge is 2.27. The van der Waals surface area contributed by atoms with Crippen LogP contribution in [0.3, 0.4) is 0 Å². The minimum Gasteiger partial charge on any atom is -0.450 e. The van der Waals surface area contributed by atoms with Crippen molar-refractivity contribution in [2.24, 2.45) is 0 Å². The summed E-state index contributed by atoms with van der Waals surface area (Å²) < 4.78 is 5.00. The van der Waals surface area contributed by atoms with Crippen molar-refractivity contribution in [3.63, 3.8) is 0 Å². The number of carbonyl (C=O) groups is 2. The zero-order chi connectivity index (χ0) is 17.8. The van der Waals surface area contributed by atoms with Gasteiger partial charge in [0, 0.05) is 44.1 Å². The molecule has 0 aliphatic carbocycles. The van der Waals surface area contributed by atoms with Crippen molar-refractivity contribution in [2.45, 2.75) is 13.8 Å². The molecule has 0 atom stereocenters. The molecular weight excluding hydrogens is 340 g/mol. The summed E-state index contributed by atoms with van der Waals surface area (Å²) in [6, 6.07) is 3.76. The summed E-state index contributed by atoms with van der Waals surface area (Å²) >= 11 is 1.39. The standard InChI is InChI=1S/C17H20N4O3S/c1-3-24-17(23)21-10-8-20(9-11-21)16(22)14-12(2)19-15(25-14)13-4-6-18-7-5-13/h4-7H,3,8-11H2,1-2H3. The molecule has 8 heteroatoms. The Labute approximate surface area is 150 Å². The molecule has 132 valence electrons. The number of thiazole rings is 1. The number of hydrogen-bond acceptors (Lipinski definition) is 6. The number of rotatable bonds is 3. The SMILES string of the molecule is CCOC(=O)N1CCN(C(=O)c2sc(-c3ccncc3)nc2C)CC1. The monoisotopic (exact) mass is 360 g/mol. The maximum absolute atomic E-state index is 12.8. The number of amides is 2. The van der Waals surface area contributed by atoms with Crippen LogP contribution in [0, 0.1) is 6.92 Å². The summed E-state index contributed by atoms with van der Waals surface area (Å²) in [5.41, 5.74) is 1.68. The molecule has 1 fully saturated rings. The van der Waals surface area contributed by atoms with Crippen molar-refractivity contribution in [2.75, 3.05) is 32.8 Å². The number of hydrogen-bond donors (Lipinski definition) is 0. The van der Waals surface area contributed by atoms with Crippen LogP contribution >= 0.6 is 11.3 Å². The molecule has 3 rings (SSSR count). The van der Waals surface area contributed by atoms with Gasteiger partial charge in [-0.1, -0.05) is 0 Å². The van der Waals surface area contributed by atoms with E-state index in [1.54, 1.807) is 29.1 Å². The van der Waals surface area contributed by atoms with E-state index < -0.39 is 0 Å². The zero-order valence-corrected chi connectivity index (χ0v) is 15.1. The average Bonchev–Trinajstić information content (AvgIpc) is 3.04. The van der Waals surface area contributed by atoms with Crippen LogP contribution in [-0.2, 0) is 4.74 Å². The van der Waals surface area contributed by atoms with Gasteiger partial charge in [-0.2, -0.15) is 0 Å². The number of carbonyl (C=O) groups excluding carboxylic acids is 2. The Morgan fingerprint density at radius 2 is 1.80 bits per heavy atom. The Hall–Kier alpha value is -2.48. The second kappa shape index (κ2) is 7.60. The molecule has 25 heavy (non-hydrogen) atoms. The first-order chi connectivity index (χ1) is 12.1. The third-order valence-corrected chi connectivity index (χ3v) is 5.21. The third kappa shape index (κ3) is 3.79. The van der Waals surface area contributed by atoms with Gasteiger partial charge in [-0.15, -0.1) is 11.3 Å². The molecule has 0 saturated carbocycles. The highest BCUT2D eigenvalue weighted by atomic mass is 32.1. The van der Waals surface area contributed by atoms with E-state index >= 15 is 0 Å². The normalized spacial score (nSPS) is 14.5. The first-order valence-corrected chi connectivity index (χ1v) is 9.00. The highest BCUT2D eigenvalue weighted by molar-refractivity contribution is 7.17. The molecule has 2 aromatic heterocycles. The number of piperazine rings is 1. The number of ether oxygens (including phenoxy) is 1. The Bertz CT molecular complexity index is 755.